The van der Waals surface area contributed by atoms with Crippen LogP contribution in [-0.2, 0) is 21.9 Å². The lowest BCUT2D eigenvalue weighted by Crippen LogP contribution is -2.29. The summed E-state index contributed by atoms with van der Waals surface area (Å²) in [5.41, 5.74) is 2.81. The maximum absolute atomic E-state index is 13.8. The summed E-state index contributed by atoms with van der Waals surface area (Å²) in [6, 6.07) is 28.3. The van der Waals surface area contributed by atoms with Gasteiger partial charge < -0.3 is 19.3 Å². The number of halogens is 1. The Kier molecular flexibility index (Phi) is 8.84. The Morgan fingerprint density at radius 2 is 1.70 bits per heavy atom. The van der Waals surface area contributed by atoms with E-state index < -0.39 is 17.7 Å². The maximum atomic E-state index is 13.8. The Hall–Kier alpha value is -4.84. The van der Waals surface area contributed by atoms with Gasteiger partial charge in [-0.3, -0.25) is 14.5 Å². The zero-order chi connectivity index (χ0) is 32.3. The molecule has 1 aromatic heterocycles. The molecular weight excluding hydrogens is 658 g/mol. The Bertz CT molecular complexity index is 1980. The standard InChI is InChI=1S/C35H26ClN3O6S2/c36-25-12-9-22(10-13-25)20-46-35-38-37-34(47-35)39-30(23-7-4-8-26(17-23)45-19-21-5-2-1-3-6-21)29(32(41)33(39)42)31(40)24-11-14-27-28(18-24)44-16-15-43-27/h1-14,17-18,30,40H,15-16,19-20H2/t30-/m1/s1. The van der Waals surface area contributed by atoms with Crippen LogP contribution in [0.2, 0.25) is 5.02 Å². The number of hydrogen-bond donors (Lipinski definition) is 1. The summed E-state index contributed by atoms with van der Waals surface area (Å²) in [5, 5.41) is 21.2. The number of Topliss-reactive ketones (excluding diaryl/α,β-unsaturated/α-hetero) is 1. The van der Waals surface area contributed by atoms with Gasteiger partial charge in [0, 0.05) is 16.3 Å². The molecule has 0 unspecified atom stereocenters. The van der Waals surface area contributed by atoms with E-state index in [1.54, 1.807) is 42.5 Å². The fourth-order valence-electron chi connectivity index (χ4n) is 5.29. The fraction of sp³-hybridized carbons (Fsp3) is 0.143. The molecule has 5 aromatic rings. The van der Waals surface area contributed by atoms with E-state index in [1.807, 2.05) is 54.6 Å². The number of aliphatic hydroxyl groups excluding tert-OH is 1. The van der Waals surface area contributed by atoms with Crippen LogP contribution in [0.4, 0.5) is 5.13 Å². The summed E-state index contributed by atoms with van der Waals surface area (Å²) < 4.78 is 18.0. The lowest BCUT2D eigenvalue weighted by molar-refractivity contribution is -0.132. The van der Waals surface area contributed by atoms with Gasteiger partial charge in [0.25, 0.3) is 5.78 Å². The van der Waals surface area contributed by atoms with Crippen molar-refractivity contribution >= 4 is 57.3 Å². The van der Waals surface area contributed by atoms with Crippen molar-refractivity contribution in [1.82, 2.24) is 10.2 Å². The number of ketones is 1. The number of benzene rings is 4. The molecule has 0 aliphatic carbocycles. The third kappa shape index (κ3) is 6.55. The van der Waals surface area contributed by atoms with E-state index in [2.05, 4.69) is 10.2 Å². The highest BCUT2D eigenvalue weighted by molar-refractivity contribution is 8.00. The molecule has 4 aromatic carbocycles. The molecule has 0 saturated carbocycles. The summed E-state index contributed by atoms with van der Waals surface area (Å²) in [6.07, 6.45) is 0. The highest BCUT2D eigenvalue weighted by Gasteiger charge is 2.48. The molecule has 1 fully saturated rings. The quantitative estimate of drug-likeness (QED) is 0.0556. The molecule has 47 heavy (non-hydrogen) atoms. The number of ether oxygens (including phenoxy) is 3. The van der Waals surface area contributed by atoms with E-state index in [0.717, 1.165) is 11.1 Å². The van der Waals surface area contributed by atoms with Crippen molar-refractivity contribution in [2.45, 2.75) is 22.7 Å². The lowest BCUT2D eigenvalue weighted by Gasteiger charge is -2.23. The highest BCUT2D eigenvalue weighted by atomic mass is 35.5. The second-order valence-electron chi connectivity index (χ2n) is 10.6. The van der Waals surface area contributed by atoms with Crippen molar-refractivity contribution in [2.75, 3.05) is 18.1 Å². The maximum Gasteiger partial charge on any atom is 0.301 e. The van der Waals surface area contributed by atoms with Gasteiger partial charge in [0.2, 0.25) is 5.13 Å². The van der Waals surface area contributed by atoms with Crippen LogP contribution in [-0.4, -0.2) is 40.2 Å². The molecule has 236 valence electrons. The van der Waals surface area contributed by atoms with Crippen molar-refractivity contribution in [3.63, 3.8) is 0 Å². The molecule has 1 saturated heterocycles. The predicted molar refractivity (Wildman–Crippen MR) is 180 cm³/mol. The van der Waals surface area contributed by atoms with E-state index in [4.69, 9.17) is 25.8 Å². The number of carbonyl (C=O) groups is 2. The first kappa shape index (κ1) is 30.8. The monoisotopic (exact) mass is 683 g/mol. The molecule has 0 radical (unpaired) electrons. The van der Waals surface area contributed by atoms with Gasteiger partial charge in [0.1, 0.15) is 31.3 Å². The first-order valence-electron chi connectivity index (χ1n) is 14.6. The minimum atomic E-state index is -1.01. The summed E-state index contributed by atoms with van der Waals surface area (Å²) in [7, 11) is 0. The second-order valence-corrected chi connectivity index (χ2v) is 13.3. The molecule has 7 rings (SSSR count). The smallest absolute Gasteiger partial charge is 0.301 e. The number of nitrogens with zero attached hydrogens (tertiary/aromatic N) is 3. The first-order chi connectivity index (χ1) is 22.9. The average Bonchev–Trinajstić information content (AvgIpc) is 3.68. The van der Waals surface area contributed by atoms with Gasteiger partial charge in [0.15, 0.2) is 15.8 Å². The Labute approximate surface area is 283 Å². The number of rotatable bonds is 9. The van der Waals surface area contributed by atoms with Gasteiger partial charge in [-0.1, -0.05) is 89.3 Å². The molecular formula is C35H26ClN3O6S2. The van der Waals surface area contributed by atoms with Crippen LogP contribution in [0, 0.1) is 0 Å². The van der Waals surface area contributed by atoms with Crippen LogP contribution in [0.25, 0.3) is 5.76 Å². The van der Waals surface area contributed by atoms with E-state index in [1.165, 1.54) is 28.0 Å². The molecule has 2 aliphatic rings. The Morgan fingerprint density at radius 1 is 0.915 bits per heavy atom. The van der Waals surface area contributed by atoms with Crippen LogP contribution in [0.15, 0.2) is 107 Å². The van der Waals surface area contributed by atoms with Gasteiger partial charge in [0.05, 0.1) is 11.6 Å². The number of carbonyl (C=O) groups excluding carboxylic acids is 2. The van der Waals surface area contributed by atoms with Crippen LogP contribution in [0.5, 0.6) is 17.2 Å². The fourth-order valence-corrected chi connectivity index (χ4v) is 7.24. The van der Waals surface area contributed by atoms with Crippen molar-refractivity contribution in [2.24, 2.45) is 0 Å². The van der Waals surface area contributed by atoms with E-state index >= 15 is 0 Å². The number of hydrogen-bond acceptors (Lipinski definition) is 10. The molecule has 1 amide bonds. The summed E-state index contributed by atoms with van der Waals surface area (Å²) in [6.45, 7) is 1.09. The van der Waals surface area contributed by atoms with E-state index in [-0.39, 0.29) is 16.5 Å². The van der Waals surface area contributed by atoms with Crippen LogP contribution in [0.1, 0.15) is 28.3 Å². The number of aliphatic hydroxyl groups is 1. The molecule has 9 nitrogen and oxygen atoms in total. The second kappa shape index (κ2) is 13.5. The number of thioether (sulfide) groups is 1. The number of aromatic nitrogens is 2. The Morgan fingerprint density at radius 3 is 2.51 bits per heavy atom. The zero-order valence-corrected chi connectivity index (χ0v) is 27.1. The molecule has 1 N–H and O–H groups in total. The van der Waals surface area contributed by atoms with Crippen molar-refractivity contribution in [1.29, 1.82) is 0 Å². The van der Waals surface area contributed by atoms with E-state index in [9.17, 15) is 14.7 Å². The summed E-state index contributed by atoms with van der Waals surface area (Å²) in [5.74, 6) is 0.106. The van der Waals surface area contributed by atoms with Crippen molar-refractivity contribution < 1.29 is 28.9 Å². The molecule has 12 heteroatoms. The topological polar surface area (TPSA) is 111 Å². The van der Waals surface area contributed by atoms with Gasteiger partial charge in [-0.2, -0.15) is 0 Å². The van der Waals surface area contributed by atoms with Gasteiger partial charge in [-0.05, 0) is 59.2 Å². The number of amides is 1. The average molecular weight is 684 g/mol. The molecule has 0 bridgehead atoms. The highest BCUT2D eigenvalue weighted by Crippen LogP contribution is 2.45. The minimum absolute atomic E-state index is 0.0857. The Balaban J connectivity index is 1.25. The van der Waals surface area contributed by atoms with Crippen LogP contribution in [0.3, 0.4) is 0 Å². The third-order valence-corrected chi connectivity index (χ3v) is 9.94. The number of anilines is 1. The molecule has 3 heterocycles. The van der Waals surface area contributed by atoms with E-state index in [0.29, 0.717) is 63.3 Å². The predicted octanol–water partition coefficient (Wildman–Crippen LogP) is 7.46. The van der Waals surface area contributed by atoms with Gasteiger partial charge >= 0.3 is 5.91 Å². The summed E-state index contributed by atoms with van der Waals surface area (Å²) in [4.78, 5) is 28.8. The van der Waals surface area contributed by atoms with Crippen molar-refractivity contribution in [3.8, 4) is 17.2 Å². The zero-order valence-electron chi connectivity index (χ0n) is 24.7. The molecule has 2 aliphatic heterocycles. The SMILES string of the molecule is O=C1C(=O)N(c2nnc(SCc3ccc(Cl)cc3)s2)[C@H](c2cccc(OCc3ccccc3)c2)C1=C(O)c1ccc2c(c1)OCCO2. The van der Waals surface area contributed by atoms with Crippen LogP contribution < -0.4 is 19.1 Å². The third-order valence-electron chi connectivity index (χ3n) is 7.56. The van der Waals surface area contributed by atoms with Gasteiger partial charge in [-0.25, -0.2) is 0 Å². The molecule has 0 spiro atoms. The number of fused-ring (bicyclic) bond motifs is 1. The normalized spacial score (nSPS) is 16.8. The minimum Gasteiger partial charge on any atom is -0.507 e. The molecule has 1 atom stereocenters. The lowest BCUT2D eigenvalue weighted by atomic mass is 9.95. The van der Waals surface area contributed by atoms with Crippen LogP contribution >= 0.6 is 34.7 Å². The largest absolute Gasteiger partial charge is 0.507 e. The van der Waals surface area contributed by atoms with Crippen molar-refractivity contribution in [3.05, 3.63) is 130 Å². The van der Waals surface area contributed by atoms with Gasteiger partial charge in [-0.15, -0.1) is 10.2 Å². The summed E-state index contributed by atoms with van der Waals surface area (Å²) >= 11 is 8.67. The first-order valence-corrected chi connectivity index (χ1v) is 16.8.